The van der Waals surface area contributed by atoms with Gasteiger partial charge in [0.15, 0.2) is 0 Å². The molecular weight excluding hydrogens is 303 g/mol. The van der Waals surface area contributed by atoms with E-state index in [1.807, 2.05) is 6.26 Å². The van der Waals surface area contributed by atoms with E-state index in [2.05, 4.69) is 70.0 Å². The molecule has 2 aromatic rings. The summed E-state index contributed by atoms with van der Waals surface area (Å²) >= 11 is 0. The smallest absolute Gasteiger partial charge is 0.128 e. The fraction of sp³-hybridized carbons (Fsp3) is 0.263. The van der Waals surface area contributed by atoms with Gasteiger partial charge in [-0.2, -0.15) is 0 Å². The molecule has 2 aliphatic rings. The third-order valence-corrected chi connectivity index (χ3v) is 6.88. The first-order valence-electron chi connectivity index (χ1n) is 8.19. The Morgan fingerprint density at radius 1 is 0.783 bits per heavy atom. The summed E-state index contributed by atoms with van der Waals surface area (Å²) in [6.07, 6.45) is 4.28. The zero-order valence-electron chi connectivity index (χ0n) is 13.1. The summed E-state index contributed by atoms with van der Waals surface area (Å²) in [6.45, 7) is 2.97. The van der Waals surface area contributed by atoms with Crippen LogP contribution < -0.4 is 9.34 Å². The van der Waals surface area contributed by atoms with Crippen LogP contribution in [0, 0.1) is 0 Å². The fourth-order valence-electron chi connectivity index (χ4n) is 3.19. The summed E-state index contributed by atoms with van der Waals surface area (Å²) < 4.78 is 10.8. The van der Waals surface area contributed by atoms with Crippen molar-refractivity contribution in [2.75, 3.05) is 29.0 Å². The number of nitrogens with zero attached hydrogens (tertiary/aromatic N) is 2. The van der Waals surface area contributed by atoms with Crippen LogP contribution in [0.1, 0.15) is 12.8 Å². The van der Waals surface area contributed by atoms with Gasteiger partial charge in [-0.1, -0.05) is 36.4 Å². The van der Waals surface area contributed by atoms with Gasteiger partial charge in [0.25, 0.3) is 0 Å². The maximum Gasteiger partial charge on any atom is 0.128 e. The van der Waals surface area contributed by atoms with Gasteiger partial charge in [0.2, 0.25) is 0 Å². The highest BCUT2D eigenvalue weighted by Gasteiger charge is 2.36. The Labute approximate surface area is 139 Å². The van der Waals surface area contributed by atoms with Gasteiger partial charge in [0.05, 0.1) is 12.9 Å². The third kappa shape index (κ3) is 2.94. The maximum absolute atomic E-state index is 5.66. The molecule has 0 N–H and O–H groups in total. The van der Waals surface area contributed by atoms with Gasteiger partial charge in [-0.05, 0) is 37.1 Å². The second-order valence-corrected chi connectivity index (χ2v) is 7.91. The normalized spacial score (nSPS) is 18.7. The molecule has 0 aromatic heterocycles. The van der Waals surface area contributed by atoms with Gasteiger partial charge < -0.3 is 14.1 Å². The quantitative estimate of drug-likeness (QED) is 0.741. The summed E-state index contributed by atoms with van der Waals surface area (Å²) in [5.41, 5.74) is 2.62. The molecule has 0 unspecified atom stereocenters. The van der Waals surface area contributed by atoms with Crippen LogP contribution in [0.3, 0.4) is 0 Å². The second-order valence-electron chi connectivity index (χ2n) is 5.79. The Morgan fingerprint density at radius 3 is 1.83 bits per heavy atom. The van der Waals surface area contributed by atoms with E-state index >= 15 is 0 Å². The molecule has 1 fully saturated rings. The number of hydrogen-bond donors (Lipinski definition) is 0. The van der Waals surface area contributed by atoms with Crippen LogP contribution in [0.15, 0.2) is 72.2 Å². The summed E-state index contributed by atoms with van der Waals surface area (Å²) in [5.74, 6) is 0. The number of ether oxygens (including phenoxy) is 1. The summed E-state index contributed by atoms with van der Waals surface area (Å²) in [4.78, 5) is 0. The van der Waals surface area contributed by atoms with E-state index < -0.39 is 8.22 Å². The largest absolute Gasteiger partial charge is 0.501 e. The lowest BCUT2D eigenvalue weighted by Crippen LogP contribution is -2.17. The molecule has 2 aliphatic heterocycles. The van der Waals surface area contributed by atoms with Crippen LogP contribution in [0.25, 0.3) is 0 Å². The molecule has 0 saturated carbocycles. The number of rotatable bonds is 3. The highest BCUT2D eigenvalue weighted by atomic mass is 31.1. The third-order valence-electron chi connectivity index (χ3n) is 4.26. The van der Waals surface area contributed by atoms with Crippen molar-refractivity contribution in [3.63, 3.8) is 0 Å². The van der Waals surface area contributed by atoms with Crippen LogP contribution in [-0.4, -0.2) is 19.7 Å². The molecule has 3 nitrogen and oxygen atoms in total. The molecule has 0 spiro atoms. The summed E-state index contributed by atoms with van der Waals surface area (Å²) in [7, 11) is -0.540. The monoisotopic (exact) mass is 324 g/mol. The zero-order valence-corrected chi connectivity index (χ0v) is 14.0. The Balaban J connectivity index is 1.71. The Kier molecular flexibility index (Phi) is 4.21. The molecule has 2 heterocycles. The first-order chi connectivity index (χ1) is 11.4. The van der Waals surface area contributed by atoms with E-state index in [-0.39, 0.29) is 0 Å². The number of para-hydroxylation sites is 2. The molecule has 1 saturated heterocycles. The minimum atomic E-state index is -0.540. The van der Waals surface area contributed by atoms with Crippen LogP contribution in [0.5, 0.6) is 0 Å². The topological polar surface area (TPSA) is 15.7 Å². The molecule has 2 aromatic carbocycles. The Bertz CT molecular complexity index is 627. The van der Waals surface area contributed by atoms with Crippen LogP contribution >= 0.6 is 8.22 Å². The average molecular weight is 324 g/mol. The van der Waals surface area contributed by atoms with Gasteiger partial charge in [0.1, 0.15) is 8.22 Å². The van der Waals surface area contributed by atoms with Gasteiger partial charge in [-0.15, -0.1) is 0 Å². The van der Waals surface area contributed by atoms with Crippen molar-refractivity contribution in [3.8, 4) is 0 Å². The molecule has 23 heavy (non-hydrogen) atoms. The van der Waals surface area contributed by atoms with Gasteiger partial charge in [0, 0.05) is 29.8 Å². The standard InChI is InChI=1S/C19H21N2OP/c1-3-8-17(9-4-1)20-13-14-21(18-10-5-2-6-11-18)23(20)19-12-7-15-22-16-19/h1-6,8-11,16H,7,12-15H2. The molecule has 0 atom stereocenters. The SMILES string of the molecule is C1=C(P2N(c3ccccc3)CCN2c2ccccc2)CCCO1. The van der Waals surface area contributed by atoms with Crippen LogP contribution in [-0.2, 0) is 4.74 Å². The van der Waals surface area contributed by atoms with Gasteiger partial charge in [-0.3, -0.25) is 0 Å². The van der Waals surface area contributed by atoms with Crippen molar-refractivity contribution >= 4 is 19.6 Å². The van der Waals surface area contributed by atoms with Crippen molar-refractivity contribution in [3.05, 3.63) is 72.2 Å². The maximum atomic E-state index is 5.66. The summed E-state index contributed by atoms with van der Waals surface area (Å²) in [6, 6.07) is 21.5. The predicted molar refractivity (Wildman–Crippen MR) is 97.8 cm³/mol. The Morgan fingerprint density at radius 2 is 1.35 bits per heavy atom. The van der Waals surface area contributed by atoms with E-state index in [9.17, 15) is 0 Å². The number of hydrogen-bond acceptors (Lipinski definition) is 3. The van der Waals surface area contributed by atoms with Crippen molar-refractivity contribution in [2.24, 2.45) is 0 Å². The Hall–Kier alpha value is -1.99. The van der Waals surface area contributed by atoms with Crippen molar-refractivity contribution in [1.29, 1.82) is 0 Å². The van der Waals surface area contributed by atoms with Crippen molar-refractivity contribution in [2.45, 2.75) is 12.8 Å². The molecule has 4 heteroatoms. The molecule has 0 bridgehead atoms. The molecule has 118 valence electrons. The van der Waals surface area contributed by atoms with E-state index in [4.69, 9.17) is 4.74 Å². The lowest BCUT2D eigenvalue weighted by Gasteiger charge is -2.34. The minimum Gasteiger partial charge on any atom is -0.501 e. The van der Waals surface area contributed by atoms with E-state index in [1.165, 1.54) is 16.7 Å². The molecule has 4 rings (SSSR count). The van der Waals surface area contributed by atoms with Crippen LogP contribution in [0.2, 0.25) is 0 Å². The molecular formula is C19H21N2OP. The number of anilines is 2. The second kappa shape index (κ2) is 6.64. The molecule has 0 radical (unpaired) electrons. The molecule has 0 aliphatic carbocycles. The number of allylic oxidation sites excluding steroid dienone is 1. The van der Waals surface area contributed by atoms with Gasteiger partial charge >= 0.3 is 0 Å². The highest BCUT2D eigenvalue weighted by molar-refractivity contribution is 7.65. The average Bonchev–Trinajstić information content (AvgIpc) is 3.09. The lowest BCUT2D eigenvalue weighted by molar-refractivity contribution is 0.229. The van der Waals surface area contributed by atoms with Gasteiger partial charge in [-0.25, -0.2) is 0 Å². The van der Waals surface area contributed by atoms with E-state index in [0.717, 1.165) is 32.5 Å². The first-order valence-corrected chi connectivity index (χ1v) is 9.44. The highest BCUT2D eigenvalue weighted by Crippen LogP contribution is 2.60. The number of benzene rings is 2. The predicted octanol–water partition coefficient (Wildman–Crippen LogP) is 4.98. The molecule has 0 amide bonds. The van der Waals surface area contributed by atoms with E-state index in [0.29, 0.717) is 0 Å². The lowest BCUT2D eigenvalue weighted by atomic mass is 10.3. The minimum absolute atomic E-state index is 0.540. The zero-order chi connectivity index (χ0) is 15.5. The summed E-state index contributed by atoms with van der Waals surface area (Å²) in [5, 5.41) is 1.44. The fourth-order valence-corrected chi connectivity index (χ4v) is 5.86. The van der Waals surface area contributed by atoms with Crippen molar-refractivity contribution in [1.82, 2.24) is 0 Å². The van der Waals surface area contributed by atoms with Crippen LogP contribution in [0.4, 0.5) is 11.4 Å². The van der Waals surface area contributed by atoms with E-state index in [1.54, 1.807) is 0 Å². The van der Waals surface area contributed by atoms with Crippen molar-refractivity contribution < 1.29 is 4.74 Å². The first kappa shape index (κ1) is 14.6.